The van der Waals surface area contributed by atoms with Crippen LogP contribution in [0.5, 0.6) is 5.88 Å². The Morgan fingerprint density at radius 3 is 2.89 bits per heavy atom. The summed E-state index contributed by atoms with van der Waals surface area (Å²) in [5, 5.41) is 3.95. The molecule has 0 saturated carbocycles. The number of pyridine rings is 1. The SMILES string of the molecule is COc1ccc(Cc2noc(CCC(C)N)n2)cn1. The largest absolute Gasteiger partial charge is 0.481 e. The Hall–Kier alpha value is -1.95. The zero-order valence-corrected chi connectivity index (χ0v) is 11.2. The summed E-state index contributed by atoms with van der Waals surface area (Å²) < 4.78 is 10.2. The van der Waals surface area contributed by atoms with Crippen molar-refractivity contribution in [2.75, 3.05) is 7.11 Å². The van der Waals surface area contributed by atoms with Gasteiger partial charge in [0.25, 0.3) is 0 Å². The Labute approximate surface area is 112 Å². The van der Waals surface area contributed by atoms with Crippen LogP contribution >= 0.6 is 0 Å². The average molecular weight is 262 g/mol. The van der Waals surface area contributed by atoms with E-state index in [9.17, 15) is 0 Å². The zero-order valence-electron chi connectivity index (χ0n) is 11.2. The van der Waals surface area contributed by atoms with Gasteiger partial charge in [0, 0.05) is 31.1 Å². The van der Waals surface area contributed by atoms with Crippen LogP contribution in [0.3, 0.4) is 0 Å². The summed E-state index contributed by atoms with van der Waals surface area (Å²) in [4.78, 5) is 8.46. The van der Waals surface area contributed by atoms with Crippen molar-refractivity contribution in [3.8, 4) is 5.88 Å². The zero-order chi connectivity index (χ0) is 13.7. The first kappa shape index (κ1) is 13.5. The fraction of sp³-hybridized carbons (Fsp3) is 0.462. The van der Waals surface area contributed by atoms with Gasteiger partial charge in [0.1, 0.15) is 0 Å². The van der Waals surface area contributed by atoms with Crippen molar-refractivity contribution in [2.45, 2.75) is 32.2 Å². The molecule has 2 heterocycles. The van der Waals surface area contributed by atoms with E-state index in [1.807, 2.05) is 19.1 Å². The maximum atomic E-state index is 5.69. The number of nitrogens with two attached hydrogens (primary N) is 1. The first-order valence-electron chi connectivity index (χ1n) is 6.23. The van der Waals surface area contributed by atoms with E-state index in [1.165, 1.54) is 0 Å². The molecule has 6 heteroatoms. The van der Waals surface area contributed by atoms with Crippen molar-refractivity contribution < 1.29 is 9.26 Å². The normalized spacial score (nSPS) is 12.4. The van der Waals surface area contributed by atoms with Gasteiger partial charge < -0.3 is 15.0 Å². The second kappa shape index (κ2) is 6.29. The molecule has 0 amide bonds. The summed E-state index contributed by atoms with van der Waals surface area (Å²) in [5.74, 6) is 1.88. The smallest absolute Gasteiger partial charge is 0.226 e. The second-order valence-corrected chi connectivity index (χ2v) is 4.51. The molecule has 1 atom stereocenters. The van der Waals surface area contributed by atoms with Gasteiger partial charge in [-0.3, -0.25) is 0 Å². The van der Waals surface area contributed by atoms with Gasteiger partial charge >= 0.3 is 0 Å². The van der Waals surface area contributed by atoms with E-state index in [2.05, 4.69) is 15.1 Å². The van der Waals surface area contributed by atoms with E-state index in [4.69, 9.17) is 15.0 Å². The molecule has 0 aliphatic carbocycles. The average Bonchev–Trinajstić information content (AvgIpc) is 2.85. The Balaban J connectivity index is 1.95. The van der Waals surface area contributed by atoms with Crippen molar-refractivity contribution in [1.82, 2.24) is 15.1 Å². The van der Waals surface area contributed by atoms with Crippen molar-refractivity contribution in [3.63, 3.8) is 0 Å². The fourth-order valence-electron chi connectivity index (χ4n) is 1.63. The third-order valence-corrected chi connectivity index (χ3v) is 2.69. The first-order chi connectivity index (χ1) is 9.17. The number of aromatic nitrogens is 3. The highest BCUT2D eigenvalue weighted by Gasteiger charge is 2.08. The minimum absolute atomic E-state index is 0.140. The van der Waals surface area contributed by atoms with Gasteiger partial charge in [-0.15, -0.1) is 0 Å². The van der Waals surface area contributed by atoms with Gasteiger partial charge in [-0.05, 0) is 18.9 Å². The predicted octanol–water partition coefficient (Wildman–Crippen LogP) is 1.34. The highest BCUT2D eigenvalue weighted by atomic mass is 16.5. The number of ether oxygens (including phenoxy) is 1. The summed E-state index contributed by atoms with van der Waals surface area (Å²) in [6.07, 6.45) is 3.90. The van der Waals surface area contributed by atoms with Gasteiger partial charge in [-0.25, -0.2) is 4.98 Å². The van der Waals surface area contributed by atoms with Gasteiger partial charge in [-0.1, -0.05) is 11.2 Å². The molecule has 2 N–H and O–H groups in total. The van der Waals surface area contributed by atoms with Crippen LogP contribution in [0.4, 0.5) is 0 Å². The molecule has 1 unspecified atom stereocenters. The minimum Gasteiger partial charge on any atom is -0.481 e. The van der Waals surface area contributed by atoms with E-state index < -0.39 is 0 Å². The minimum atomic E-state index is 0.140. The van der Waals surface area contributed by atoms with Crippen LogP contribution < -0.4 is 10.5 Å². The van der Waals surface area contributed by atoms with E-state index in [1.54, 1.807) is 13.3 Å². The molecule has 2 rings (SSSR count). The molecule has 0 aliphatic heterocycles. The summed E-state index contributed by atoms with van der Waals surface area (Å²) >= 11 is 0. The lowest BCUT2D eigenvalue weighted by molar-refractivity contribution is 0.368. The molecule has 0 bridgehead atoms. The molecule has 0 radical (unpaired) electrons. The molecule has 2 aromatic rings. The van der Waals surface area contributed by atoms with Crippen molar-refractivity contribution in [1.29, 1.82) is 0 Å². The number of rotatable bonds is 6. The molecule has 0 fully saturated rings. The number of methoxy groups -OCH3 is 1. The van der Waals surface area contributed by atoms with Crippen LogP contribution in [-0.2, 0) is 12.8 Å². The molecule has 6 nitrogen and oxygen atoms in total. The molecule has 19 heavy (non-hydrogen) atoms. The number of aryl methyl sites for hydroxylation is 1. The lowest BCUT2D eigenvalue weighted by Crippen LogP contribution is -2.15. The maximum absolute atomic E-state index is 5.69. The number of hydrogen-bond donors (Lipinski definition) is 1. The Kier molecular flexibility index (Phi) is 4.46. The van der Waals surface area contributed by atoms with Crippen LogP contribution in [0, 0.1) is 0 Å². The van der Waals surface area contributed by atoms with Crippen molar-refractivity contribution in [3.05, 3.63) is 35.6 Å². The monoisotopic (exact) mass is 262 g/mol. The first-order valence-corrected chi connectivity index (χ1v) is 6.23. The number of nitrogens with zero attached hydrogens (tertiary/aromatic N) is 3. The Bertz CT molecular complexity index is 508. The fourth-order valence-corrected chi connectivity index (χ4v) is 1.63. The third kappa shape index (κ3) is 4.03. The maximum Gasteiger partial charge on any atom is 0.226 e. The molecular formula is C13H18N4O2. The van der Waals surface area contributed by atoms with Gasteiger partial charge in [0.2, 0.25) is 11.8 Å². The topological polar surface area (TPSA) is 87.1 Å². The summed E-state index contributed by atoms with van der Waals surface area (Å²) in [6.45, 7) is 1.96. The van der Waals surface area contributed by atoms with E-state index in [0.29, 0.717) is 30.4 Å². The van der Waals surface area contributed by atoms with Gasteiger partial charge in [0.15, 0.2) is 5.82 Å². The highest BCUT2D eigenvalue weighted by molar-refractivity contribution is 5.20. The molecule has 102 valence electrons. The van der Waals surface area contributed by atoms with Gasteiger partial charge in [-0.2, -0.15) is 4.98 Å². The van der Waals surface area contributed by atoms with E-state index in [0.717, 1.165) is 12.0 Å². The van der Waals surface area contributed by atoms with Crippen LogP contribution in [0.2, 0.25) is 0 Å². The van der Waals surface area contributed by atoms with E-state index in [-0.39, 0.29) is 6.04 Å². The second-order valence-electron chi connectivity index (χ2n) is 4.51. The van der Waals surface area contributed by atoms with Crippen molar-refractivity contribution in [2.24, 2.45) is 5.73 Å². The van der Waals surface area contributed by atoms with Crippen LogP contribution in [0.15, 0.2) is 22.9 Å². The Morgan fingerprint density at radius 1 is 1.42 bits per heavy atom. The molecular weight excluding hydrogens is 244 g/mol. The molecule has 0 spiro atoms. The van der Waals surface area contributed by atoms with Crippen molar-refractivity contribution >= 4 is 0 Å². The van der Waals surface area contributed by atoms with Crippen LogP contribution in [0.25, 0.3) is 0 Å². The highest BCUT2D eigenvalue weighted by Crippen LogP contribution is 2.11. The molecule has 0 aromatic carbocycles. The summed E-state index contributed by atoms with van der Waals surface area (Å²) in [7, 11) is 1.59. The third-order valence-electron chi connectivity index (χ3n) is 2.69. The lowest BCUT2D eigenvalue weighted by atomic mass is 10.2. The quantitative estimate of drug-likeness (QED) is 0.845. The molecule has 0 aliphatic rings. The number of hydrogen-bond acceptors (Lipinski definition) is 6. The Morgan fingerprint density at radius 2 is 2.26 bits per heavy atom. The van der Waals surface area contributed by atoms with Gasteiger partial charge in [0.05, 0.1) is 7.11 Å². The van der Waals surface area contributed by atoms with Crippen LogP contribution in [-0.4, -0.2) is 28.3 Å². The van der Waals surface area contributed by atoms with E-state index >= 15 is 0 Å². The van der Waals surface area contributed by atoms with Crippen LogP contribution in [0.1, 0.15) is 30.6 Å². The predicted molar refractivity (Wildman–Crippen MR) is 69.9 cm³/mol. The summed E-state index contributed by atoms with van der Waals surface area (Å²) in [5.41, 5.74) is 6.70. The molecule has 2 aromatic heterocycles. The standard InChI is InChI=1S/C13H18N4O2/c1-9(14)3-5-13-16-11(17-19-13)7-10-4-6-12(18-2)15-8-10/h4,6,8-9H,3,5,7,14H2,1-2H3. The lowest BCUT2D eigenvalue weighted by Gasteiger charge is -2.00. The summed E-state index contributed by atoms with van der Waals surface area (Å²) in [6, 6.07) is 3.89. The molecule has 0 saturated heterocycles.